The lowest BCUT2D eigenvalue weighted by atomic mass is 9.93. The molecule has 0 aromatic carbocycles. The number of piperazine rings is 1. The topological polar surface area (TPSA) is 49.4 Å². The first kappa shape index (κ1) is 15.3. The number of thioether (sulfide) groups is 1. The van der Waals surface area contributed by atoms with Crippen LogP contribution < -0.4 is 5.32 Å². The lowest BCUT2D eigenvalue weighted by Gasteiger charge is -2.40. The van der Waals surface area contributed by atoms with E-state index in [1.165, 1.54) is 0 Å². The van der Waals surface area contributed by atoms with Crippen molar-refractivity contribution in [1.29, 1.82) is 0 Å². The molecule has 3 atom stereocenters. The summed E-state index contributed by atoms with van der Waals surface area (Å²) in [6, 6.07) is -0.628. The van der Waals surface area contributed by atoms with E-state index in [1.807, 2.05) is 27.0 Å². The molecule has 3 unspecified atom stereocenters. The molecule has 5 heteroatoms. The van der Waals surface area contributed by atoms with Crippen molar-refractivity contribution in [3.63, 3.8) is 0 Å². The molecule has 104 valence electrons. The quantitative estimate of drug-likeness (QED) is 0.797. The van der Waals surface area contributed by atoms with Crippen LogP contribution in [0.25, 0.3) is 0 Å². The SMILES string of the molecule is CCC(C)C1NC(=O)C(CC)N(CCSC)C1=O. The van der Waals surface area contributed by atoms with Gasteiger partial charge in [0.1, 0.15) is 12.1 Å². The van der Waals surface area contributed by atoms with Crippen molar-refractivity contribution in [3.8, 4) is 0 Å². The second-order valence-electron chi connectivity index (χ2n) is 4.82. The summed E-state index contributed by atoms with van der Waals surface area (Å²) in [7, 11) is 0. The lowest BCUT2D eigenvalue weighted by molar-refractivity contribution is -0.150. The third-order valence-electron chi connectivity index (χ3n) is 3.66. The molecule has 0 aromatic heterocycles. The van der Waals surface area contributed by atoms with E-state index in [1.54, 1.807) is 16.7 Å². The number of amides is 2. The highest BCUT2D eigenvalue weighted by Gasteiger charge is 2.40. The van der Waals surface area contributed by atoms with Crippen molar-refractivity contribution in [2.24, 2.45) is 5.92 Å². The smallest absolute Gasteiger partial charge is 0.246 e. The van der Waals surface area contributed by atoms with Crippen molar-refractivity contribution in [3.05, 3.63) is 0 Å². The molecule has 4 nitrogen and oxygen atoms in total. The van der Waals surface area contributed by atoms with E-state index >= 15 is 0 Å². The highest BCUT2D eigenvalue weighted by molar-refractivity contribution is 7.98. The number of carbonyl (C=O) groups is 2. The molecular weight excluding hydrogens is 248 g/mol. The Labute approximate surface area is 114 Å². The Hall–Kier alpha value is -0.710. The molecule has 0 aliphatic carbocycles. The molecule has 0 aromatic rings. The van der Waals surface area contributed by atoms with E-state index in [9.17, 15) is 9.59 Å². The first-order valence-corrected chi connectivity index (χ1v) is 8.05. The molecule has 1 rings (SSSR count). The number of carbonyl (C=O) groups excluding carboxylic acids is 2. The van der Waals surface area contributed by atoms with Crippen LogP contribution in [0.4, 0.5) is 0 Å². The van der Waals surface area contributed by atoms with E-state index in [-0.39, 0.29) is 29.8 Å². The van der Waals surface area contributed by atoms with E-state index < -0.39 is 0 Å². The van der Waals surface area contributed by atoms with Crippen LogP contribution in [0, 0.1) is 5.92 Å². The highest BCUT2D eigenvalue weighted by Crippen LogP contribution is 2.19. The van der Waals surface area contributed by atoms with Crippen LogP contribution in [0.5, 0.6) is 0 Å². The molecule has 0 spiro atoms. The third kappa shape index (κ3) is 3.19. The van der Waals surface area contributed by atoms with E-state index in [0.717, 1.165) is 12.2 Å². The molecule has 0 saturated carbocycles. The fourth-order valence-electron chi connectivity index (χ4n) is 2.27. The fraction of sp³-hybridized carbons (Fsp3) is 0.846. The second-order valence-corrected chi connectivity index (χ2v) is 5.81. The summed E-state index contributed by atoms with van der Waals surface area (Å²) < 4.78 is 0. The summed E-state index contributed by atoms with van der Waals surface area (Å²) in [5.41, 5.74) is 0. The lowest BCUT2D eigenvalue weighted by Crippen LogP contribution is -2.65. The number of nitrogens with zero attached hydrogens (tertiary/aromatic N) is 1. The van der Waals surface area contributed by atoms with Gasteiger partial charge in [0.05, 0.1) is 0 Å². The van der Waals surface area contributed by atoms with Crippen molar-refractivity contribution in [1.82, 2.24) is 10.2 Å². The van der Waals surface area contributed by atoms with Crippen LogP contribution in [0.1, 0.15) is 33.6 Å². The Kier molecular flexibility index (Phi) is 5.99. The van der Waals surface area contributed by atoms with Crippen LogP contribution in [0.15, 0.2) is 0 Å². The van der Waals surface area contributed by atoms with Gasteiger partial charge < -0.3 is 10.2 Å². The molecule has 1 heterocycles. The van der Waals surface area contributed by atoms with Crippen molar-refractivity contribution in [2.45, 2.75) is 45.7 Å². The molecule has 2 amide bonds. The predicted molar refractivity (Wildman–Crippen MR) is 75.6 cm³/mol. The van der Waals surface area contributed by atoms with Gasteiger partial charge in [-0.3, -0.25) is 9.59 Å². The normalized spacial score (nSPS) is 26.1. The van der Waals surface area contributed by atoms with Gasteiger partial charge in [-0.25, -0.2) is 0 Å². The van der Waals surface area contributed by atoms with Gasteiger partial charge in [-0.05, 0) is 18.6 Å². The van der Waals surface area contributed by atoms with Gasteiger partial charge >= 0.3 is 0 Å². The molecule has 1 saturated heterocycles. The largest absolute Gasteiger partial charge is 0.342 e. The first-order chi connectivity index (χ1) is 8.56. The maximum atomic E-state index is 12.4. The van der Waals surface area contributed by atoms with Crippen LogP contribution in [-0.4, -0.2) is 47.4 Å². The Morgan fingerprint density at radius 1 is 1.39 bits per heavy atom. The summed E-state index contributed by atoms with van der Waals surface area (Å²) in [6.45, 7) is 6.68. The van der Waals surface area contributed by atoms with Gasteiger partial charge in [0.25, 0.3) is 0 Å². The highest BCUT2D eigenvalue weighted by atomic mass is 32.2. The van der Waals surface area contributed by atoms with E-state index in [2.05, 4.69) is 5.32 Å². The van der Waals surface area contributed by atoms with Crippen molar-refractivity contribution < 1.29 is 9.59 Å². The molecule has 1 aliphatic rings. The average molecular weight is 272 g/mol. The molecule has 0 radical (unpaired) electrons. The van der Waals surface area contributed by atoms with Gasteiger partial charge in [0.15, 0.2) is 0 Å². The summed E-state index contributed by atoms with van der Waals surface area (Å²) in [6.07, 6.45) is 3.59. The van der Waals surface area contributed by atoms with Gasteiger partial charge in [-0.2, -0.15) is 11.8 Å². The number of hydrogen-bond donors (Lipinski definition) is 1. The average Bonchev–Trinajstić information content (AvgIpc) is 2.38. The van der Waals surface area contributed by atoms with Gasteiger partial charge in [-0.15, -0.1) is 0 Å². The molecule has 0 bridgehead atoms. The third-order valence-corrected chi connectivity index (χ3v) is 4.25. The van der Waals surface area contributed by atoms with Gasteiger partial charge in [-0.1, -0.05) is 27.2 Å². The zero-order valence-electron chi connectivity index (χ0n) is 11.7. The Morgan fingerprint density at radius 3 is 2.56 bits per heavy atom. The van der Waals surface area contributed by atoms with Gasteiger partial charge in [0, 0.05) is 12.3 Å². The van der Waals surface area contributed by atoms with Gasteiger partial charge in [0.2, 0.25) is 11.8 Å². The molecule has 18 heavy (non-hydrogen) atoms. The number of rotatable bonds is 6. The Bertz CT molecular complexity index is 309. The van der Waals surface area contributed by atoms with E-state index in [0.29, 0.717) is 13.0 Å². The standard InChI is InChI=1S/C13H24N2O2S/c1-5-9(3)11-13(17)15(7-8-18-4)10(6-2)12(16)14-11/h9-11H,5-8H2,1-4H3,(H,14,16). The first-order valence-electron chi connectivity index (χ1n) is 6.66. The van der Waals surface area contributed by atoms with Crippen LogP contribution in [-0.2, 0) is 9.59 Å². The van der Waals surface area contributed by atoms with Crippen molar-refractivity contribution in [2.75, 3.05) is 18.6 Å². The zero-order chi connectivity index (χ0) is 13.7. The minimum atomic E-state index is -0.341. The minimum Gasteiger partial charge on any atom is -0.342 e. The Balaban J connectivity index is 2.86. The zero-order valence-corrected chi connectivity index (χ0v) is 12.5. The van der Waals surface area contributed by atoms with Crippen LogP contribution >= 0.6 is 11.8 Å². The number of nitrogens with one attached hydrogen (secondary N) is 1. The fourth-order valence-corrected chi connectivity index (χ4v) is 2.65. The van der Waals surface area contributed by atoms with Crippen molar-refractivity contribution >= 4 is 23.6 Å². The molecule has 1 fully saturated rings. The Morgan fingerprint density at radius 2 is 2.06 bits per heavy atom. The molecular formula is C13H24N2O2S. The number of hydrogen-bond acceptors (Lipinski definition) is 3. The maximum Gasteiger partial charge on any atom is 0.246 e. The molecule has 1 aliphatic heterocycles. The molecule has 1 N–H and O–H groups in total. The summed E-state index contributed by atoms with van der Waals surface area (Å²) in [5, 5.41) is 2.89. The second kappa shape index (κ2) is 7.02. The maximum absolute atomic E-state index is 12.4. The minimum absolute atomic E-state index is 0.00324. The van der Waals surface area contributed by atoms with E-state index in [4.69, 9.17) is 0 Å². The van der Waals surface area contributed by atoms with Crippen LogP contribution in [0.2, 0.25) is 0 Å². The summed E-state index contributed by atoms with van der Waals surface area (Å²) in [4.78, 5) is 26.3. The monoisotopic (exact) mass is 272 g/mol. The predicted octanol–water partition coefficient (Wildman–Crippen LogP) is 1.50. The summed E-state index contributed by atoms with van der Waals surface area (Å²) >= 11 is 1.70. The van der Waals surface area contributed by atoms with Crippen LogP contribution in [0.3, 0.4) is 0 Å². The summed E-state index contributed by atoms with van der Waals surface area (Å²) in [5.74, 6) is 1.16.